The highest BCUT2D eigenvalue weighted by Crippen LogP contribution is 2.17. The molecule has 0 N–H and O–H groups in total. The quantitative estimate of drug-likeness (QED) is 0.765. The smallest absolute Gasteiger partial charge is 0.206 e. The molecule has 72 valence electrons. The first-order valence-electron chi connectivity index (χ1n) is 3.66. The number of hydrogen-bond donors (Lipinski definition) is 0. The molecule has 0 radical (unpaired) electrons. The molecule has 1 aromatic carbocycles. The Kier molecular flexibility index (Phi) is 3.10. The third-order valence-electron chi connectivity index (χ3n) is 1.62. The van der Waals surface area contributed by atoms with Crippen LogP contribution in [-0.4, -0.2) is 18.8 Å². The maximum Gasteiger partial charge on any atom is 0.252 e. The topological polar surface area (TPSA) is 37.4 Å². The maximum atomic E-state index is 11.6. The molecule has 0 heterocycles. The molecule has 0 aliphatic rings. The number of benzene rings is 1. The van der Waals surface area contributed by atoms with Crippen LogP contribution in [0, 0.1) is 6.92 Å². The molecule has 0 aliphatic heterocycles. The SMILES string of the molecule is Cc1cccc(S(=O)(=O)N(C)Br)c1. The lowest BCUT2D eigenvalue weighted by Gasteiger charge is -2.08. The van der Waals surface area contributed by atoms with E-state index in [1.54, 1.807) is 18.2 Å². The van der Waals surface area contributed by atoms with Gasteiger partial charge in [0.05, 0.1) is 4.90 Å². The van der Waals surface area contributed by atoms with Gasteiger partial charge in [-0.15, -0.1) is 3.33 Å². The Morgan fingerprint density at radius 2 is 2.00 bits per heavy atom. The molecule has 5 heteroatoms. The molecule has 1 aromatic rings. The number of aryl methyl sites for hydroxylation is 1. The average Bonchev–Trinajstić information content (AvgIpc) is 2.04. The van der Waals surface area contributed by atoms with Gasteiger partial charge in [-0.25, -0.2) is 8.42 Å². The molecule has 3 nitrogen and oxygen atoms in total. The molecular weight excluding hydrogens is 254 g/mol. The van der Waals surface area contributed by atoms with Gasteiger partial charge in [0, 0.05) is 23.2 Å². The van der Waals surface area contributed by atoms with Crippen molar-refractivity contribution in [3.05, 3.63) is 29.8 Å². The van der Waals surface area contributed by atoms with Crippen LogP contribution in [-0.2, 0) is 10.0 Å². The van der Waals surface area contributed by atoms with Crippen LogP contribution >= 0.6 is 16.1 Å². The van der Waals surface area contributed by atoms with E-state index in [1.165, 1.54) is 7.05 Å². The zero-order valence-electron chi connectivity index (χ0n) is 7.36. The lowest BCUT2D eigenvalue weighted by atomic mass is 10.2. The zero-order chi connectivity index (χ0) is 10.1. The van der Waals surface area contributed by atoms with E-state index in [-0.39, 0.29) is 0 Å². The molecule has 0 saturated heterocycles. The molecule has 0 saturated carbocycles. The van der Waals surface area contributed by atoms with Gasteiger partial charge in [0.2, 0.25) is 0 Å². The van der Waals surface area contributed by atoms with Crippen molar-refractivity contribution in [2.24, 2.45) is 0 Å². The molecule has 0 amide bonds. The monoisotopic (exact) mass is 263 g/mol. The van der Waals surface area contributed by atoms with Crippen LogP contribution in [0.5, 0.6) is 0 Å². The minimum absolute atomic E-state index is 0.298. The number of hydrogen-bond acceptors (Lipinski definition) is 2. The lowest BCUT2D eigenvalue weighted by molar-refractivity contribution is 0.567. The second kappa shape index (κ2) is 3.77. The van der Waals surface area contributed by atoms with Crippen molar-refractivity contribution in [1.29, 1.82) is 0 Å². The maximum absolute atomic E-state index is 11.6. The van der Waals surface area contributed by atoms with Gasteiger partial charge >= 0.3 is 0 Å². The number of sulfonamides is 1. The minimum atomic E-state index is -3.35. The average molecular weight is 264 g/mol. The van der Waals surface area contributed by atoms with Crippen molar-refractivity contribution in [3.63, 3.8) is 0 Å². The molecule has 0 aliphatic carbocycles. The molecule has 0 aromatic heterocycles. The summed E-state index contributed by atoms with van der Waals surface area (Å²) in [6.45, 7) is 1.85. The predicted octanol–water partition coefficient (Wildman–Crippen LogP) is 1.93. The second-order valence-electron chi connectivity index (χ2n) is 2.71. The van der Waals surface area contributed by atoms with Crippen molar-refractivity contribution >= 4 is 26.2 Å². The van der Waals surface area contributed by atoms with Crippen molar-refractivity contribution < 1.29 is 8.42 Å². The fourth-order valence-corrected chi connectivity index (χ4v) is 2.30. The third kappa shape index (κ3) is 2.30. The Labute approximate surface area is 86.8 Å². The summed E-state index contributed by atoms with van der Waals surface area (Å²) < 4.78 is 24.1. The van der Waals surface area contributed by atoms with Crippen molar-refractivity contribution in [2.75, 3.05) is 7.05 Å². The summed E-state index contributed by atoms with van der Waals surface area (Å²) >= 11 is 2.90. The first kappa shape index (κ1) is 10.7. The molecule has 0 unspecified atom stereocenters. The van der Waals surface area contributed by atoms with Gasteiger partial charge in [0.25, 0.3) is 10.0 Å². The summed E-state index contributed by atoms with van der Waals surface area (Å²) in [5.41, 5.74) is 0.926. The Morgan fingerprint density at radius 3 is 2.46 bits per heavy atom. The molecular formula is C8H10BrNO2S. The highest BCUT2D eigenvalue weighted by molar-refractivity contribution is 9.08. The van der Waals surface area contributed by atoms with Crippen molar-refractivity contribution in [2.45, 2.75) is 11.8 Å². The summed E-state index contributed by atoms with van der Waals surface area (Å²) in [5, 5.41) is 0. The van der Waals surface area contributed by atoms with E-state index >= 15 is 0 Å². The normalized spacial score (nSPS) is 12.0. The van der Waals surface area contributed by atoms with Crippen LogP contribution in [0.15, 0.2) is 29.2 Å². The first-order valence-corrected chi connectivity index (χ1v) is 5.81. The lowest BCUT2D eigenvalue weighted by Crippen LogP contribution is -2.16. The third-order valence-corrected chi connectivity index (χ3v) is 4.27. The predicted molar refractivity (Wildman–Crippen MR) is 55.1 cm³/mol. The fraction of sp³-hybridized carbons (Fsp3) is 0.250. The summed E-state index contributed by atoms with van der Waals surface area (Å²) in [6.07, 6.45) is 0. The van der Waals surface area contributed by atoms with E-state index in [4.69, 9.17) is 0 Å². The number of rotatable bonds is 2. The van der Waals surface area contributed by atoms with Gasteiger partial charge in [-0.3, -0.25) is 0 Å². The number of nitrogens with zero attached hydrogens (tertiary/aromatic N) is 1. The van der Waals surface area contributed by atoms with Gasteiger partial charge < -0.3 is 0 Å². The van der Waals surface area contributed by atoms with Gasteiger partial charge in [0.15, 0.2) is 0 Å². The zero-order valence-corrected chi connectivity index (χ0v) is 9.76. The minimum Gasteiger partial charge on any atom is -0.206 e. The highest BCUT2D eigenvalue weighted by atomic mass is 79.9. The van der Waals surface area contributed by atoms with E-state index in [0.29, 0.717) is 4.90 Å². The number of halogens is 1. The summed E-state index contributed by atoms with van der Waals surface area (Å²) in [6, 6.07) is 6.78. The molecule has 0 fully saturated rings. The van der Waals surface area contributed by atoms with Gasteiger partial charge in [-0.1, -0.05) is 12.1 Å². The molecule has 13 heavy (non-hydrogen) atoms. The Hall–Kier alpha value is -0.390. The first-order chi connectivity index (χ1) is 5.94. The Bertz CT molecular complexity index is 400. The van der Waals surface area contributed by atoms with Crippen LogP contribution in [0.25, 0.3) is 0 Å². The molecule has 0 spiro atoms. The molecule has 0 bridgehead atoms. The van der Waals surface area contributed by atoms with E-state index in [0.717, 1.165) is 8.89 Å². The van der Waals surface area contributed by atoms with Crippen LogP contribution < -0.4 is 0 Å². The summed E-state index contributed by atoms with van der Waals surface area (Å²) in [7, 11) is -1.91. The van der Waals surface area contributed by atoms with E-state index in [2.05, 4.69) is 16.1 Å². The Balaban J connectivity index is 3.24. The highest BCUT2D eigenvalue weighted by Gasteiger charge is 2.17. The standard InChI is InChI=1S/C8H10BrNO2S/c1-7-4-3-5-8(6-7)13(11,12)10(2)9/h3-6H,1-2H3. The van der Waals surface area contributed by atoms with Crippen LogP contribution in [0.2, 0.25) is 0 Å². The summed E-state index contributed by atoms with van der Waals surface area (Å²) in [5.74, 6) is 0. The van der Waals surface area contributed by atoms with Gasteiger partial charge in [-0.2, -0.15) is 0 Å². The van der Waals surface area contributed by atoms with Crippen molar-refractivity contribution in [3.8, 4) is 0 Å². The van der Waals surface area contributed by atoms with Crippen LogP contribution in [0.3, 0.4) is 0 Å². The van der Waals surface area contributed by atoms with Gasteiger partial charge in [0.1, 0.15) is 0 Å². The molecule has 1 rings (SSSR count). The largest absolute Gasteiger partial charge is 0.252 e. The second-order valence-corrected chi connectivity index (χ2v) is 6.21. The summed E-state index contributed by atoms with van der Waals surface area (Å²) in [4.78, 5) is 0.298. The van der Waals surface area contributed by atoms with E-state index in [9.17, 15) is 8.42 Å². The van der Waals surface area contributed by atoms with Crippen molar-refractivity contribution in [1.82, 2.24) is 3.33 Å². The van der Waals surface area contributed by atoms with E-state index in [1.807, 2.05) is 13.0 Å². The van der Waals surface area contributed by atoms with Crippen LogP contribution in [0.4, 0.5) is 0 Å². The fourth-order valence-electron chi connectivity index (χ4n) is 0.921. The van der Waals surface area contributed by atoms with Gasteiger partial charge in [-0.05, 0) is 24.6 Å². The molecule has 0 atom stereocenters. The van der Waals surface area contributed by atoms with Crippen LogP contribution in [0.1, 0.15) is 5.56 Å². The van der Waals surface area contributed by atoms with E-state index < -0.39 is 10.0 Å². The Morgan fingerprint density at radius 1 is 1.38 bits per heavy atom.